The molecule has 3 aromatic rings. The van der Waals surface area contributed by atoms with Crippen LogP contribution in [0.5, 0.6) is 0 Å². The lowest BCUT2D eigenvalue weighted by Gasteiger charge is -2.24. The molecule has 24 heavy (non-hydrogen) atoms. The van der Waals surface area contributed by atoms with Gasteiger partial charge in [0.15, 0.2) is 0 Å². The second-order valence-corrected chi connectivity index (χ2v) is 6.64. The molecule has 6 heteroatoms. The molecule has 0 fully saturated rings. The third-order valence-electron chi connectivity index (χ3n) is 4.12. The molecule has 0 bridgehead atoms. The summed E-state index contributed by atoms with van der Waals surface area (Å²) in [6, 6.07) is 12.7. The molecule has 0 unspecified atom stereocenters. The number of aromatic amines is 1. The van der Waals surface area contributed by atoms with E-state index in [0.29, 0.717) is 33.3 Å². The van der Waals surface area contributed by atoms with Crippen LogP contribution in [0, 0.1) is 0 Å². The first-order chi connectivity index (χ1) is 11.5. The minimum absolute atomic E-state index is 0.0750. The van der Waals surface area contributed by atoms with Crippen molar-refractivity contribution in [3.05, 3.63) is 74.3 Å². The van der Waals surface area contributed by atoms with Crippen molar-refractivity contribution in [2.45, 2.75) is 19.5 Å². The largest absolute Gasteiger partial charge is 0.309 e. The highest BCUT2D eigenvalue weighted by molar-refractivity contribution is 6.35. The number of hydrogen-bond acceptors (Lipinski definition) is 3. The van der Waals surface area contributed by atoms with Gasteiger partial charge in [-0.3, -0.25) is 9.69 Å². The first-order valence-corrected chi connectivity index (χ1v) is 8.34. The molecule has 0 aliphatic rings. The zero-order valence-electron chi connectivity index (χ0n) is 13.4. The van der Waals surface area contributed by atoms with E-state index in [2.05, 4.69) is 14.9 Å². The van der Waals surface area contributed by atoms with E-state index in [1.807, 2.05) is 44.3 Å². The molecule has 0 saturated heterocycles. The zero-order chi connectivity index (χ0) is 17.3. The second kappa shape index (κ2) is 6.93. The predicted molar refractivity (Wildman–Crippen MR) is 98.7 cm³/mol. The van der Waals surface area contributed by atoms with Crippen LogP contribution in [0.2, 0.25) is 10.0 Å². The highest BCUT2D eigenvalue weighted by atomic mass is 35.5. The van der Waals surface area contributed by atoms with E-state index < -0.39 is 0 Å². The number of hydrogen-bond donors (Lipinski definition) is 1. The molecule has 0 radical (unpaired) electrons. The normalized spacial score (nSPS) is 12.7. The van der Waals surface area contributed by atoms with Crippen LogP contribution in [-0.2, 0) is 6.54 Å². The molecule has 3 rings (SSSR count). The molecule has 1 atom stereocenters. The summed E-state index contributed by atoms with van der Waals surface area (Å²) in [7, 11) is 1.96. The maximum absolute atomic E-state index is 12.2. The van der Waals surface area contributed by atoms with Gasteiger partial charge in [-0.25, -0.2) is 4.98 Å². The van der Waals surface area contributed by atoms with E-state index in [1.54, 1.807) is 12.1 Å². The molecule has 4 nitrogen and oxygen atoms in total. The first kappa shape index (κ1) is 17.0. The number of H-pyrrole nitrogens is 1. The summed E-state index contributed by atoms with van der Waals surface area (Å²) in [6.07, 6.45) is 0. The van der Waals surface area contributed by atoms with Gasteiger partial charge >= 0.3 is 0 Å². The van der Waals surface area contributed by atoms with E-state index in [1.165, 1.54) is 0 Å². The van der Waals surface area contributed by atoms with Gasteiger partial charge in [-0.15, -0.1) is 0 Å². The highest BCUT2D eigenvalue weighted by Crippen LogP contribution is 2.25. The van der Waals surface area contributed by atoms with Gasteiger partial charge < -0.3 is 4.98 Å². The van der Waals surface area contributed by atoms with Crippen LogP contribution >= 0.6 is 23.2 Å². The Hall–Kier alpha value is -1.88. The number of para-hydroxylation sites is 1. The molecule has 0 amide bonds. The van der Waals surface area contributed by atoms with Crippen molar-refractivity contribution in [1.29, 1.82) is 0 Å². The quantitative estimate of drug-likeness (QED) is 0.747. The molecule has 2 aromatic carbocycles. The summed E-state index contributed by atoms with van der Waals surface area (Å²) >= 11 is 12.2. The van der Waals surface area contributed by atoms with E-state index in [-0.39, 0.29) is 11.6 Å². The van der Waals surface area contributed by atoms with Gasteiger partial charge in [0, 0.05) is 16.6 Å². The van der Waals surface area contributed by atoms with Crippen molar-refractivity contribution >= 4 is 34.1 Å². The van der Waals surface area contributed by atoms with Crippen molar-refractivity contribution in [3.63, 3.8) is 0 Å². The fourth-order valence-corrected chi connectivity index (χ4v) is 3.03. The van der Waals surface area contributed by atoms with Crippen molar-refractivity contribution in [3.8, 4) is 0 Å². The van der Waals surface area contributed by atoms with Crippen molar-refractivity contribution in [1.82, 2.24) is 14.9 Å². The van der Waals surface area contributed by atoms with Gasteiger partial charge in [-0.1, -0.05) is 41.4 Å². The maximum Gasteiger partial charge on any atom is 0.258 e. The van der Waals surface area contributed by atoms with Gasteiger partial charge in [0.05, 0.1) is 16.9 Å². The number of benzene rings is 2. The first-order valence-electron chi connectivity index (χ1n) is 7.59. The van der Waals surface area contributed by atoms with Gasteiger partial charge in [-0.05, 0) is 43.8 Å². The SMILES string of the molecule is C[C@H](c1nc2ccccc2c(=O)[nH]1)N(C)Cc1ccc(Cl)cc1Cl. The molecule has 0 spiro atoms. The fraction of sp³-hybridized carbons (Fsp3) is 0.222. The lowest BCUT2D eigenvalue weighted by molar-refractivity contribution is 0.244. The lowest BCUT2D eigenvalue weighted by atomic mass is 10.1. The molecule has 0 aliphatic heterocycles. The van der Waals surface area contributed by atoms with Crippen molar-refractivity contribution in [2.24, 2.45) is 0 Å². The molecular formula is C18H17Cl2N3O. The van der Waals surface area contributed by atoms with E-state index in [0.717, 1.165) is 5.56 Å². The Kier molecular flexibility index (Phi) is 4.90. The smallest absolute Gasteiger partial charge is 0.258 e. The molecular weight excluding hydrogens is 345 g/mol. The average Bonchev–Trinajstić information content (AvgIpc) is 2.56. The summed E-state index contributed by atoms with van der Waals surface area (Å²) in [4.78, 5) is 21.8. The summed E-state index contributed by atoms with van der Waals surface area (Å²) in [6.45, 7) is 2.62. The van der Waals surface area contributed by atoms with Crippen LogP contribution in [0.4, 0.5) is 0 Å². The van der Waals surface area contributed by atoms with Crippen LogP contribution in [0.15, 0.2) is 47.3 Å². The van der Waals surface area contributed by atoms with E-state index in [4.69, 9.17) is 23.2 Å². The van der Waals surface area contributed by atoms with Crippen molar-refractivity contribution in [2.75, 3.05) is 7.05 Å². The van der Waals surface area contributed by atoms with Gasteiger partial charge in [0.2, 0.25) is 0 Å². The summed E-state index contributed by atoms with van der Waals surface area (Å²) in [5, 5.41) is 1.83. The Morgan fingerprint density at radius 1 is 1.21 bits per heavy atom. The van der Waals surface area contributed by atoms with Gasteiger partial charge in [-0.2, -0.15) is 0 Å². The average molecular weight is 362 g/mol. The van der Waals surface area contributed by atoms with Crippen LogP contribution in [0.3, 0.4) is 0 Å². The lowest BCUT2D eigenvalue weighted by Crippen LogP contribution is -2.26. The minimum atomic E-state index is -0.125. The maximum atomic E-state index is 12.2. The standard InChI is InChI=1S/C18H17Cl2N3O/c1-11(23(2)10-12-7-8-13(19)9-15(12)20)17-21-16-6-4-3-5-14(16)18(24)22-17/h3-9,11H,10H2,1-2H3,(H,21,22,24)/t11-/m1/s1. The Morgan fingerprint density at radius 3 is 2.71 bits per heavy atom. The van der Waals surface area contributed by atoms with Gasteiger partial charge in [0.25, 0.3) is 5.56 Å². The van der Waals surface area contributed by atoms with Crippen LogP contribution < -0.4 is 5.56 Å². The highest BCUT2D eigenvalue weighted by Gasteiger charge is 2.17. The Balaban J connectivity index is 1.88. The molecule has 1 N–H and O–H groups in total. The summed E-state index contributed by atoms with van der Waals surface area (Å²) in [5.74, 6) is 0.631. The van der Waals surface area contributed by atoms with Crippen molar-refractivity contribution < 1.29 is 0 Å². The number of rotatable bonds is 4. The van der Waals surface area contributed by atoms with Crippen LogP contribution in [-0.4, -0.2) is 21.9 Å². The van der Waals surface area contributed by atoms with E-state index >= 15 is 0 Å². The topological polar surface area (TPSA) is 49.0 Å². The monoisotopic (exact) mass is 361 g/mol. The van der Waals surface area contributed by atoms with E-state index in [9.17, 15) is 4.79 Å². The molecule has 0 aliphatic carbocycles. The Labute approximate surface area is 150 Å². The molecule has 0 saturated carbocycles. The van der Waals surface area contributed by atoms with Crippen LogP contribution in [0.1, 0.15) is 24.4 Å². The molecule has 1 heterocycles. The Bertz CT molecular complexity index is 939. The number of nitrogens with one attached hydrogen (secondary N) is 1. The third kappa shape index (κ3) is 3.46. The molecule has 1 aromatic heterocycles. The third-order valence-corrected chi connectivity index (χ3v) is 4.71. The van der Waals surface area contributed by atoms with Crippen LogP contribution in [0.25, 0.3) is 10.9 Å². The van der Waals surface area contributed by atoms with Gasteiger partial charge in [0.1, 0.15) is 5.82 Å². The number of fused-ring (bicyclic) bond motifs is 1. The number of aromatic nitrogens is 2. The Morgan fingerprint density at radius 2 is 1.96 bits per heavy atom. The number of halogens is 2. The summed E-state index contributed by atoms with van der Waals surface area (Å²) in [5.41, 5.74) is 1.54. The second-order valence-electron chi connectivity index (χ2n) is 5.80. The molecule has 124 valence electrons. The number of nitrogens with zero attached hydrogens (tertiary/aromatic N) is 2. The zero-order valence-corrected chi connectivity index (χ0v) is 14.9. The minimum Gasteiger partial charge on any atom is -0.309 e. The predicted octanol–water partition coefficient (Wildman–Crippen LogP) is 4.42. The summed E-state index contributed by atoms with van der Waals surface area (Å²) < 4.78 is 0. The fourth-order valence-electron chi connectivity index (χ4n) is 2.57.